The Morgan fingerprint density at radius 2 is 1.75 bits per heavy atom. The first-order valence-electron chi connectivity index (χ1n) is 7.34. The number of anilines is 2. The Kier molecular flexibility index (Phi) is 3.27. The van der Waals surface area contributed by atoms with Gasteiger partial charge in [0.1, 0.15) is 6.10 Å². The summed E-state index contributed by atoms with van der Waals surface area (Å²) in [6.45, 7) is 4.34. The summed E-state index contributed by atoms with van der Waals surface area (Å²) in [5, 5.41) is 10.8. The fourth-order valence-corrected chi connectivity index (χ4v) is 3.35. The van der Waals surface area contributed by atoms with E-state index in [1.54, 1.807) is 0 Å². The van der Waals surface area contributed by atoms with Crippen LogP contribution in [0.2, 0.25) is 0 Å². The van der Waals surface area contributed by atoms with Crippen LogP contribution in [-0.4, -0.2) is 12.2 Å². The SMILES string of the molecule is CCc1ccc2c(c1CC)C(O)c1ccccc1N2C. The standard InChI is InChI=1S/C18H21NO/c1-4-12-10-11-16-17(13(12)5-2)18(20)14-8-6-7-9-15(14)19(16)3/h6-11,18,20H,4-5H2,1-3H3. The Morgan fingerprint density at radius 1 is 1.00 bits per heavy atom. The molecule has 1 aliphatic heterocycles. The van der Waals surface area contributed by atoms with E-state index in [1.807, 2.05) is 18.2 Å². The first-order chi connectivity index (χ1) is 9.69. The summed E-state index contributed by atoms with van der Waals surface area (Å²) in [4.78, 5) is 2.19. The number of hydrogen-bond donors (Lipinski definition) is 1. The minimum atomic E-state index is -0.515. The van der Waals surface area contributed by atoms with Crippen LogP contribution < -0.4 is 4.90 Å². The second-order valence-corrected chi connectivity index (χ2v) is 5.36. The Balaban J connectivity index is 2.27. The third-order valence-corrected chi connectivity index (χ3v) is 4.39. The fraction of sp³-hybridized carbons (Fsp3) is 0.333. The van der Waals surface area contributed by atoms with Crippen molar-refractivity contribution < 1.29 is 5.11 Å². The average molecular weight is 267 g/mol. The lowest BCUT2D eigenvalue weighted by atomic mass is 9.86. The molecule has 1 aliphatic rings. The van der Waals surface area contributed by atoms with Crippen molar-refractivity contribution in [2.45, 2.75) is 32.8 Å². The molecule has 1 N–H and O–H groups in total. The van der Waals surface area contributed by atoms with Crippen molar-refractivity contribution in [3.8, 4) is 0 Å². The van der Waals surface area contributed by atoms with E-state index in [0.717, 1.165) is 35.3 Å². The predicted molar refractivity (Wildman–Crippen MR) is 83.8 cm³/mol. The number of para-hydroxylation sites is 1. The van der Waals surface area contributed by atoms with Gasteiger partial charge in [-0.1, -0.05) is 38.1 Å². The number of benzene rings is 2. The highest BCUT2D eigenvalue weighted by atomic mass is 16.3. The monoisotopic (exact) mass is 267 g/mol. The number of aryl methyl sites for hydroxylation is 1. The maximum absolute atomic E-state index is 10.8. The number of hydrogen-bond acceptors (Lipinski definition) is 2. The molecule has 0 spiro atoms. The van der Waals surface area contributed by atoms with Gasteiger partial charge in [0.15, 0.2) is 0 Å². The molecule has 0 aliphatic carbocycles. The summed E-state index contributed by atoms with van der Waals surface area (Å²) >= 11 is 0. The molecule has 2 aromatic carbocycles. The molecule has 20 heavy (non-hydrogen) atoms. The van der Waals surface area contributed by atoms with E-state index in [2.05, 4.69) is 44.0 Å². The predicted octanol–water partition coefficient (Wildman–Crippen LogP) is 3.97. The number of fused-ring (bicyclic) bond motifs is 2. The minimum absolute atomic E-state index is 0.515. The van der Waals surface area contributed by atoms with E-state index >= 15 is 0 Å². The summed E-state index contributed by atoms with van der Waals surface area (Å²) in [5.41, 5.74) is 6.97. The molecule has 2 aromatic rings. The Morgan fingerprint density at radius 3 is 2.45 bits per heavy atom. The van der Waals surface area contributed by atoms with Crippen molar-refractivity contribution in [3.63, 3.8) is 0 Å². The largest absolute Gasteiger partial charge is 0.383 e. The van der Waals surface area contributed by atoms with E-state index in [1.165, 1.54) is 11.1 Å². The molecular formula is C18H21NO. The molecule has 1 unspecified atom stereocenters. The summed E-state index contributed by atoms with van der Waals surface area (Å²) in [5.74, 6) is 0. The van der Waals surface area contributed by atoms with Gasteiger partial charge in [-0.25, -0.2) is 0 Å². The van der Waals surface area contributed by atoms with Crippen molar-refractivity contribution in [1.82, 2.24) is 0 Å². The lowest BCUT2D eigenvalue weighted by Gasteiger charge is -2.35. The van der Waals surface area contributed by atoms with Crippen LogP contribution in [0, 0.1) is 0 Å². The zero-order chi connectivity index (χ0) is 14.3. The number of rotatable bonds is 2. The Labute approximate surface area is 120 Å². The van der Waals surface area contributed by atoms with Crippen molar-refractivity contribution in [2.24, 2.45) is 0 Å². The highest BCUT2D eigenvalue weighted by Crippen LogP contribution is 2.45. The molecule has 0 radical (unpaired) electrons. The van der Waals surface area contributed by atoms with Gasteiger partial charge in [-0.05, 0) is 36.1 Å². The molecule has 2 heteroatoms. The summed E-state index contributed by atoms with van der Waals surface area (Å²) in [6.07, 6.45) is 1.45. The lowest BCUT2D eigenvalue weighted by Crippen LogP contribution is -2.23. The normalized spacial score (nSPS) is 16.8. The summed E-state index contributed by atoms with van der Waals surface area (Å²) in [6, 6.07) is 12.5. The second kappa shape index (κ2) is 4.95. The molecule has 1 atom stereocenters. The van der Waals surface area contributed by atoms with Crippen LogP contribution in [0.25, 0.3) is 0 Å². The van der Waals surface area contributed by atoms with Crippen LogP contribution in [0.15, 0.2) is 36.4 Å². The van der Waals surface area contributed by atoms with Gasteiger partial charge >= 0.3 is 0 Å². The van der Waals surface area contributed by atoms with Gasteiger partial charge in [-0.3, -0.25) is 0 Å². The summed E-state index contributed by atoms with van der Waals surface area (Å²) in [7, 11) is 2.08. The fourth-order valence-electron chi connectivity index (χ4n) is 3.35. The third-order valence-electron chi connectivity index (χ3n) is 4.39. The molecule has 3 rings (SSSR count). The molecule has 0 amide bonds. The third kappa shape index (κ3) is 1.75. The lowest BCUT2D eigenvalue weighted by molar-refractivity contribution is 0.218. The van der Waals surface area contributed by atoms with Gasteiger partial charge < -0.3 is 10.0 Å². The van der Waals surface area contributed by atoms with Crippen molar-refractivity contribution in [1.29, 1.82) is 0 Å². The molecular weight excluding hydrogens is 246 g/mol. The van der Waals surface area contributed by atoms with Crippen molar-refractivity contribution in [2.75, 3.05) is 11.9 Å². The number of nitrogens with zero attached hydrogens (tertiary/aromatic N) is 1. The smallest absolute Gasteiger partial charge is 0.108 e. The zero-order valence-electron chi connectivity index (χ0n) is 12.4. The van der Waals surface area contributed by atoms with Crippen molar-refractivity contribution in [3.05, 3.63) is 58.7 Å². The van der Waals surface area contributed by atoms with E-state index in [4.69, 9.17) is 0 Å². The molecule has 2 nitrogen and oxygen atoms in total. The van der Waals surface area contributed by atoms with Crippen LogP contribution in [0.3, 0.4) is 0 Å². The van der Waals surface area contributed by atoms with E-state index in [9.17, 15) is 5.11 Å². The van der Waals surface area contributed by atoms with Crippen LogP contribution in [-0.2, 0) is 12.8 Å². The van der Waals surface area contributed by atoms with Crippen LogP contribution in [0.5, 0.6) is 0 Å². The molecule has 0 bridgehead atoms. The number of aliphatic hydroxyl groups excluding tert-OH is 1. The first-order valence-corrected chi connectivity index (χ1v) is 7.34. The summed E-state index contributed by atoms with van der Waals surface area (Å²) < 4.78 is 0. The topological polar surface area (TPSA) is 23.5 Å². The Hall–Kier alpha value is -1.80. The number of aliphatic hydroxyl groups is 1. The minimum Gasteiger partial charge on any atom is -0.383 e. The van der Waals surface area contributed by atoms with Crippen LogP contribution in [0.1, 0.15) is 42.2 Å². The quantitative estimate of drug-likeness (QED) is 0.889. The molecule has 1 heterocycles. The zero-order valence-corrected chi connectivity index (χ0v) is 12.4. The second-order valence-electron chi connectivity index (χ2n) is 5.36. The molecule has 0 saturated carbocycles. The van der Waals surface area contributed by atoms with Gasteiger partial charge in [0, 0.05) is 29.5 Å². The highest BCUT2D eigenvalue weighted by molar-refractivity contribution is 5.76. The Bertz CT molecular complexity index is 648. The molecule has 0 saturated heterocycles. The van der Waals surface area contributed by atoms with E-state index in [-0.39, 0.29) is 0 Å². The maximum atomic E-state index is 10.8. The van der Waals surface area contributed by atoms with E-state index < -0.39 is 6.10 Å². The molecule has 0 fully saturated rings. The van der Waals surface area contributed by atoms with Crippen LogP contribution in [0.4, 0.5) is 11.4 Å². The highest BCUT2D eigenvalue weighted by Gasteiger charge is 2.29. The van der Waals surface area contributed by atoms with Crippen LogP contribution >= 0.6 is 0 Å². The van der Waals surface area contributed by atoms with Gasteiger partial charge in [0.25, 0.3) is 0 Å². The van der Waals surface area contributed by atoms with E-state index in [0.29, 0.717) is 0 Å². The van der Waals surface area contributed by atoms with Gasteiger partial charge in [-0.2, -0.15) is 0 Å². The van der Waals surface area contributed by atoms with Gasteiger partial charge in [-0.15, -0.1) is 0 Å². The average Bonchev–Trinajstić information content (AvgIpc) is 2.51. The van der Waals surface area contributed by atoms with Crippen molar-refractivity contribution >= 4 is 11.4 Å². The first kappa shape index (κ1) is 13.2. The molecule has 0 aromatic heterocycles. The molecule has 104 valence electrons. The van der Waals surface area contributed by atoms with Gasteiger partial charge in [0.2, 0.25) is 0 Å². The van der Waals surface area contributed by atoms with Gasteiger partial charge in [0.05, 0.1) is 0 Å². The maximum Gasteiger partial charge on any atom is 0.108 e.